The maximum Gasteiger partial charge on any atom is 0.236 e. The first-order valence-electron chi connectivity index (χ1n) is 7.20. The zero-order chi connectivity index (χ0) is 14.4. The second-order valence-electron chi connectivity index (χ2n) is 5.00. The van der Waals surface area contributed by atoms with Crippen molar-refractivity contribution in [2.75, 3.05) is 44.2 Å². The average molecular weight is 296 g/mol. The highest BCUT2D eigenvalue weighted by molar-refractivity contribution is 6.33. The van der Waals surface area contributed by atoms with E-state index in [1.165, 1.54) is 0 Å². The molecule has 0 bridgehead atoms. The fraction of sp³-hybridized carbons (Fsp3) is 0.533. The molecule has 0 aliphatic carbocycles. The van der Waals surface area contributed by atoms with Crippen LogP contribution in [0.25, 0.3) is 0 Å². The number of nitrogens with zero attached hydrogens (tertiary/aromatic N) is 2. The van der Waals surface area contributed by atoms with Crippen molar-refractivity contribution in [1.82, 2.24) is 10.2 Å². The lowest BCUT2D eigenvalue weighted by molar-refractivity contribution is -0.130. The molecule has 5 heteroatoms. The SMILES string of the molecule is CCCNCC(=O)N1CCN(c2ccccc2Cl)CC1. The molecule has 1 aliphatic rings. The lowest BCUT2D eigenvalue weighted by atomic mass is 10.2. The summed E-state index contributed by atoms with van der Waals surface area (Å²) in [5.41, 5.74) is 1.06. The van der Waals surface area contributed by atoms with Gasteiger partial charge < -0.3 is 15.1 Å². The van der Waals surface area contributed by atoms with Gasteiger partial charge in [-0.3, -0.25) is 4.79 Å². The fourth-order valence-corrected chi connectivity index (χ4v) is 2.64. The molecule has 0 aromatic heterocycles. The van der Waals surface area contributed by atoms with Crippen LogP contribution >= 0.6 is 11.6 Å². The summed E-state index contributed by atoms with van der Waals surface area (Å²) in [6, 6.07) is 7.87. The number of anilines is 1. The summed E-state index contributed by atoms with van der Waals surface area (Å²) in [5, 5.41) is 3.93. The van der Waals surface area contributed by atoms with Gasteiger partial charge in [0.15, 0.2) is 0 Å². The highest BCUT2D eigenvalue weighted by Crippen LogP contribution is 2.25. The Morgan fingerprint density at radius 1 is 1.25 bits per heavy atom. The first-order valence-corrected chi connectivity index (χ1v) is 7.58. The third kappa shape index (κ3) is 3.87. The molecule has 110 valence electrons. The number of para-hydroxylation sites is 1. The van der Waals surface area contributed by atoms with E-state index in [9.17, 15) is 4.79 Å². The fourth-order valence-electron chi connectivity index (χ4n) is 2.39. The summed E-state index contributed by atoms with van der Waals surface area (Å²) in [6.45, 7) is 6.63. The van der Waals surface area contributed by atoms with Gasteiger partial charge in [0, 0.05) is 26.2 Å². The van der Waals surface area contributed by atoms with Crippen LogP contribution in [0.15, 0.2) is 24.3 Å². The molecule has 1 aromatic rings. The third-order valence-corrected chi connectivity index (χ3v) is 3.85. The monoisotopic (exact) mass is 295 g/mol. The number of rotatable bonds is 5. The number of benzene rings is 1. The van der Waals surface area contributed by atoms with Crippen molar-refractivity contribution in [3.05, 3.63) is 29.3 Å². The second kappa shape index (κ2) is 7.50. The Bertz CT molecular complexity index is 444. The molecule has 1 amide bonds. The van der Waals surface area contributed by atoms with Crippen molar-refractivity contribution in [3.8, 4) is 0 Å². The molecular weight excluding hydrogens is 274 g/mol. The van der Waals surface area contributed by atoms with Crippen molar-refractivity contribution in [2.24, 2.45) is 0 Å². The minimum Gasteiger partial charge on any atom is -0.367 e. The van der Waals surface area contributed by atoms with Crippen LogP contribution in [-0.2, 0) is 4.79 Å². The van der Waals surface area contributed by atoms with Gasteiger partial charge in [-0.2, -0.15) is 0 Å². The van der Waals surface area contributed by atoms with E-state index in [0.29, 0.717) is 6.54 Å². The van der Waals surface area contributed by atoms with Crippen molar-refractivity contribution in [2.45, 2.75) is 13.3 Å². The maximum atomic E-state index is 12.0. The van der Waals surface area contributed by atoms with Crippen molar-refractivity contribution < 1.29 is 4.79 Å². The number of hydrogen-bond donors (Lipinski definition) is 1. The summed E-state index contributed by atoms with van der Waals surface area (Å²) in [5.74, 6) is 0.192. The Hall–Kier alpha value is -1.26. The number of halogens is 1. The van der Waals surface area contributed by atoms with Crippen LogP contribution in [0, 0.1) is 0 Å². The molecule has 2 rings (SSSR count). The Balaban J connectivity index is 1.83. The molecule has 1 fully saturated rings. The van der Waals surface area contributed by atoms with Gasteiger partial charge >= 0.3 is 0 Å². The van der Waals surface area contributed by atoms with E-state index < -0.39 is 0 Å². The van der Waals surface area contributed by atoms with E-state index in [1.807, 2.05) is 29.2 Å². The molecule has 0 unspecified atom stereocenters. The van der Waals surface area contributed by atoms with Gasteiger partial charge in [-0.25, -0.2) is 0 Å². The second-order valence-corrected chi connectivity index (χ2v) is 5.40. The van der Waals surface area contributed by atoms with E-state index in [4.69, 9.17) is 11.6 Å². The van der Waals surface area contributed by atoms with Crippen LogP contribution in [0.3, 0.4) is 0 Å². The van der Waals surface area contributed by atoms with Gasteiger partial charge in [0.25, 0.3) is 0 Å². The molecule has 1 saturated heterocycles. The zero-order valence-corrected chi connectivity index (χ0v) is 12.7. The molecule has 1 aliphatic heterocycles. The van der Waals surface area contributed by atoms with Crippen molar-refractivity contribution in [3.63, 3.8) is 0 Å². The highest BCUT2D eigenvalue weighted by atomic mass is 35.5. The molecule has 20 heavy (non-hydrogen) atoms. The molecule has 1 aromatic carbocycles. The molecule has 1 N–H and O–H groups in total. The summed E-state index contributed by atoms with van der Waals surface area (Å²) in [7, 11) is 0. The van der Waals surface area contributed by atoms with Crippen molar-refractivity contribution >= 4 is 23.2 Å². The largest absolute Gasteiger partial charge is 0.367 e. The summed E-state index contributed by atoms with van der Waals surface area (Å²) in [4.78, 5) is 16.2. The van der Waals surface area contributed by atoms with Crippen LogP contribution in [-0.4, -0.2) is 50.1 Å². The number of nitrogens with one attached hydrogen (secondary N) is 1. The molecule has 1 heterocycles. The van der Waals surface area contributed by atoms with Gasteiger partial charge in [0.05, 0.1) is 17.3 Å². The van der Waals surface area contributed by atoms with Crippen LogP contribution < -0.4 is 10.2 Å². The summed E-state index contributed by atoms with van der Waals surface area (Å²) >= 11 is 6.21. The average Bonchev–Trinajstić information content (AvgIpc) is 2.48. The van der Waals surface area contributed by atoms with E-state index in [0.717, 1.165) is 49.9 Å². The van der Waals surface area contributed by atoms with E-state index in [-0.39, 0.29) is 5.91 Å². The van der Waals surface area contributed by atoms with Crippen LogP contribution in [0.5, 0.6) is 0 Å². The Kier molecular flexibility index (Phi) is 5.68. The number of carbonyl (C=O) groups excluding carboxylic acids is 1. The van der Waals surface area contributed by atoms with Crippen LogP contribution in [0.4, 0.5) is 5.69 Å². The smallest absolute Gasteiger partial charge is 0.236 e. The first kappa shape index (κ1) is 15.1. The minimum atomic E-state index is 0.192. The lowest BCUT2D eigenvalue weighted by Gasteiger charge is -2.36. The van der Waals surface area contributed by atoms with Gasteiger partial charge in [0.1, 0.15) is 0 Å². The van der Waals surface area contributed by atoms with E-state index in [2.05, 4.69) is 17.1 Å². The number of hydrogen-bond acceptors (Lipinski definition) is 3. The van der Waals surface area contributed by atoms with Crippen molar-refractivity contribution in [1.29, 1.82) is 0 Å². The number of piperazine rings is 1. The lowest BCUT2D eigenvalue weighted by Crippen LogP contribution is -2.51. The Morgan fingerprint density at radius 2 is 1.95 bits per heavy atom. The predicted molar refractivity (Wildman–Crippen MR) is 83.4 cm³/mol. The molecule has 0 spiro atoms. The quantitative estimate of drug-likeness (QED) is 0.844. The molecule has 0 atom stereocenters. The highest BCUT2D eigenvalue weighted by Gasteiger charge is 2.21. The number of carbonyl (C=O) groups is 1. The maximum absolute atomic E-state index is 12.0. The molecule has 4 nitrogen and oxygen atoms in total. The standard InChI is InChI=1S/C15H22ClN3O/c1-2-7-17-12-15(20)19-10-8-18(9-11-19)14-6-4-3-5-13(14)16/h3-6,17H,2,7-12H2,1H3. The van der Waals surface area contributed by atoms with Crippen LogP contribution in [0.1, 0.15) is 13.3 Å². The number of amides is 1. The normalized spacial score (nSPS) is 15.5. The molecule has 0 saturated carbocycles. The minimum absolute atomic E-state index is 0.192. The topological polar surface area (TPSA) is 35.6 Å². The van der Waals surface area contributed by atoms with Gasteiger partial charge in [-0.15, -0.1) is 0 Å². The Labute approximate surface area is 125 Å². The predicted octanol–water partition coefficient (Wildman–Crippen LogP) is 1.99. The van der Waals surface area contributed by atoms with Gasteiger partial charge in [-0.1, -0.05) is 30.7 Å². The van der Waals surface area contributed by atoms with Crippen LogP contribution in [0.2, 0.25) is 5.02 Å². The summed E-state index contributed by atoms with van der Waals surface area (Å²) in [6.07, 6.45) is 1.05. The summed E-state index contributed by atoms with van der Waals surface area (Å²) < 4.78 is 0. The third-order valence-electron chi connectivity index (χ3n) is 3.53. The van der Waals surface area contributed by atoms with E-state index in [1.54, 1.807) is 0 Å². The van der Waals surface area contributed by atoms with Gasteiger partial charge in [0.2, 0.25) is 5.91 Å². The Morgan fingerprint density at radius 3 is 2.60 bits per heavy atom. The zero-order valence-electron chi connectivity index (χ0n) is 11.9. The molecule has 0 radical (unpaired) electrons. The molecular formula is C15H22ClN3O. The first-order chi connectivity index (χ1) is 9.72. The van der Waals surface area contributed by atoms with E-state index >= 15 is 0 Å². The van der Waals surface area contributed by atoms with Gasteiger partial charge in [-0.05, 0) is 25.1 Å².